The largest absolute Gasteiger partial charge is 0.496 e. The Kier molecular flexibility index (Phi) is 10.3. The van der Waals surface area contributed by atoms with Crippen LogP contribution in [0.25, 0.3) is 0 Å². The molecule has 36 heavy (non-hydrogen) atoms. The monoisotopic (exact) mass is 590 g/mol. The van der Waals surface area contributed by atoms with Gasteiger partial charge in [-0.1, -0.05) is 42.0 Å². The highest BCUT2D eigenvalue weighted by Crippen LogP contribution is 2.30. The fraction of sp³-hybridized carbons (Fsp3) is 0.296. The molecule has 0 aromatic heterocycles. The smallest absolute Gasteiger partial charge is 0.264 e. The molecule has 0 aliphatic heterocycles. The maximum Gasteiger partial charge on any atom is 0.264 e. The Morgan fingerprint density at radius 2 is 1.78 bits per heavy atom. The van der Waals surface area contributed by atoms with E-state index in [1.165, 1.54) is 30.4 Å². The number of thioether (sulfide) groups is 1. The van der Waals surface area contributed by atoms with Crippen LogP contribution in [0.15, 0.2) is 76.1 Å². The van der Waals surface area contributed by atoms with Gasteiger partial charge in [0.15, 0.2) is 0 Å². The molecule has 0 heterocycles. The molecule has 3 aromatic rings. The van der Waals surface area contributed by atoms with Crippen LogP contribution in [-0.2, 0) is 20.6 Å². The number of sulfonamides is 1. The highest BCUT2D eigenvalue weighted by atomic mass is 79.9. The quantitative estimate of drug-likeness (QED) is 0.273. The third-order valence-electron chi connectivity index (χ3n) is 5.63. The summed E-state index contributed by atoms with van der Waals surface area (Å²) < 4.78 is 34.0. The standard InChI is InChI=1S/C27H31BrN2O4S2/c1-20-9-11-23(12-10-20)30(36(32,33)24-13-14-26(34-3)25(28)17-24)18-27(31)29-15-6-16-35-19-22-8-5-4-7-21(22)2/h4-5,7-14,17H,6,15-16,18-19H2,1-3H3,(H,29,31). The van der Waals surface area contributed by atoms with Gasteiger partial charge in [0.25, 0.3) is 10.0 Å². The second-order valence-corrected chi connectivity index (χ2v) is 12.1. The van der Waals surface area contributed by atoms with E-state index >= 15 is 0 Å². The number of methoxy groups -OCH3 is 1. The summed E-state index contributed by atoms with van der Waals surface area (Å²) in [4.78, 5) is 12.9. The Labute approximate surface area is 226 Å². The first-order valence-corrected chi connectivity index (χ1v) is 14.9. The van der Waals surface area contributed by atoms with Crippen molar-refractivity contribution in [2.45, 2.75) is 30.9 Å². The minimum absolute atomic E-state index is 0.0659. The zero-order valence-corrected chi connectivity index (χ0v) is 23.9. The number of carbonyl (C=O) groups is 1. The molecule has 0 fully saturated rings. The van der Waals surface area contributed by atoms with Gasteiger partial charge < -0.3 is 10.1 Å². The molecule has 0 atom stereocenters. The van der Waals surface area contributed by atoms with E-state index in [1.54, 1.807) is 18.2 Å². The van der Waals surface area contributed by atoms with Gasteiger partial charge in [0.1, 0.15) is 12.3 Å². The number of hydrogen-bond acceptors (Lipinski definition) is 5. The van der Waals surface area contributed by atoms with E-state index in [9.17, 15) is 13.2 Å². The van der Waals surface area contributed by atoms with E-state index in [-0.39, 0.29) is 17.3 Å². The van der Waals surface area contributed by atoms with Gasteiger partial charge in [0, 0.05) is 12.3 Å². The van der Waals surface area contributed by atoms with Crippen LogP contribution in [0.3, 0.4) is 0 Å². The SMILES string of the molecule is COc1ccc(S(=O)(=O)N(CC(=O)NCCCSCc2ccccc2C)c2ccc(C)cc2)cc1Br. The summed E-state index contributed by atoms with van der Waals surface area (Å²) in [5, 5.41) is 2.87. The Morgan fingerprint density at radius 3 is 2.44 bits per heavy atom. The molecule has 0 aliphatic carbocycles. The molecule has 0 bridgehead atoms. The fourth-order valence-corrected chi connectivity index (χ4v) is 6.68. The number of carbonyl (C=O) groups excluding carboxylic acids is 1. The first kappa shape index (κ1) is 28.1. The fourth-order valence-electron chi connectivity index (χ4n) is 3.50. The predicted molar refractivity (Wildman–Crippen MR) is 151 cm³/mol. The van der Waals surface area contributed by atoms with Crippen LogP contribution in [0.4, 0.5) is 5.69 Å². The van der Waals surface area contributed by atoms with Crippen LogP contribution >= 0.6 is 27.7 Å². The Balaban J connectivity index is 1.63. The van der Waals surface area contributed by atoms with Gasteiger partial charge in [-0.15, -0.1) is 0 Å². The van der Waals surface area contributed by atoms with Gasteiger partial charge in [-0.3, -0.25) is 9.10 Å². The third-order valence-corrected chi connectivity index (χ3v) is 9.11. The molecule has 3 rings (SSSR count). The molecule has 1 N–H and O–H groups in total. The molecule has 0 aliphatic rings. The van der Waals surface area contributed by atoms with Crippen LogP contribution < -0.4 is 14.4 Å². The topological polar surface area (TPSA) is 75.7 Å². The van der Waals surface area contributed by atoms with Gasteiger partial charge in [-0.25, -0.2) is 8.42 Å². The number of aryl methyl sites for hydroxylation is 2. The average molecular weight is 592 g/mol. The Bertz CT molecular complexity index is 1280. The second kappa shape index (κ2) is 13.2. The molecule has 0 radical (unpaired) electrons. The van der Waals surface area contributed by atoms with Crippen molar-refractivity contribution >= 4 is 49.3 Å². The number of hydrogen-bond donors (Lipinski definition) is 1. The lowest BCUT2D eigenvalue weighted by atomic mass is 10.1. The van der Waals surface area contributed by atoms with E-state index in [2.05, 4.69) is 40.3 Å². The van der Waals surface area contributed by atoms with E-state index in [1.807, 2.05) is 43.0 Å². The Morgan fingerprint density at radius 1 is 1.06 bits per heavy atom. The minimum atomic E-state index is -4.00. The molecular weight excluding hydrogens is 560 g/mol. The number of anilines is 1. The van der Waals surface area contributed by atoms with Gasteiger partial charge in [0.2, 0.25) is 5.91 Å². The van der Waals surface area contributed by atoms with Crippen LogP contribution in [0.5, 0.6) is 5.75 Å². The number of benzene rings is 3. The molecule has 3 aromatic carbocycles. The highest BCUT2D eigenvalue weighted by molar-refractivity contribution is 9.10. The minimum Gasteiger partial charge on any atom is -0.496 e. The number of halogens is 1. The van der Waals surface area contributed by atoms with Gasteiger partial charge in [-0.2, -0.15) is 11.8 Å². The molecule has 0 unspecified atom stereocenters. The average Bonchev–Trinajstić information content (AvgIpc) is 2.86. The summed E-state index contributed by atoms with van der Waals surface area (Å²) in [6.07, 6.45) is 0.797. The van der Waals surface area contributed by atoms with Gasteiger partial charge in [-0.05, 0) is 83.4 Å². The van der Waals surface area contributed by atoms with Crippen molar-refractivity contribution in [1.82, 2.24) is 5.32 Å². The Hall–Kier alpha value is -2.49. The van der Waals surface area contributed by atoms with Crippen molar-refractivity contribution < 1.29 is 17.9 Å². The van der Waals surface area contributed by atoms with Crippen molar-refractivity contribution in [3.05, 3.63) is 87.9 Å². The molecule has 0 saturated carbocycles. The highest BCUT2D eigenvalue weighted by Gasteiger charge is 2.28. The summed E-state index contributed by atoms with van der Waals surface area (Å²) >= 11 is 5.17. The lowest BCUT2D eigenvalue weighted by Gasteiger charge is -2.24. The molecular formula is C27H31BrN2O4S2. The predicted octanol–water partition coefficient (Wildman–Crippen LogP) is 5.71. The lowest BCUT2D eigenvalue weighted by molar-refractivity contribution is -0.119. The zero-order chi connectivity index (χ0) is 26.1. The van der Waals surface area contributed by atoms with Crippen LogP contribution in [0.2, 0.25) is 0 Å². The summed E-state index contributed by atoms with van der Waals surface area (Å²) in [6.45, 7) is 4.20. The van der Waals surface area contributed by atoms with Gasteiger partial charge in [0.05, 0.1) is 22.2 Å². The van der Waals surface area contributed by atoms with Gasteiger partial charge >= 0.3 is 0 Å². The summed E-state index contributed by atoms with van der Waals surface area (Å²) in [5.74, 6) is 2.00. The molecule has 0 saturated heterocycles. The third kappa shape index (κ3) is 7.51. The van der Waals surface area contributed by atoms with Crippen molar-refractivity contribution in [1.29, 1.82) is 0 Å². The normalized spacial score (nSPS) is 11.2. The maximum atomic E-state index is 13.6. The second-order valence-electron chi connectivity index (χ2n) is 8.33. The number of ether oxygens (including phenoxy) is 1. The van der Waals surface area contributed by atoms with E-state index in [0.29, 0.717) is 22.5 Å². The van der Waals surface area contributed by atoms with Crippen molar-refractivity contribution in [2.75, 3.05) is 30.3 Å². The van der Waals surface area contributed by atoms with Crippen molar-refractivity contribution in [3.8, 4) is 5.75 Å². The van der Waals surface area contributed by atoms with Crippen LogP contribution in [0.1, 0.15) is 23.1 Å². The first-order chi connectivity index (χ1) is 17.2. The van der Waals surface area contributed by atoms with Crippen LogP contribution in [0, 0.1) is 13.8 Å². The zero-order valence-electron chi connectivity index (χ0n) is 20.7. The molecule has 0 spiro atoms. The van der Waals surface area contributed by atoms with Crippen molar-refractivity contribution in [2.24, 2.45) is 0 Å². The molecule has 9 heteroatoms. The van der Waals surface area contributed by atoms with Crippen LogP contribution in [-0.4, -0.2) is 40.3 Å². The lowest BCUT2D eigenvalue weighted by Crippen LogP contribution is -2.41. The van der Waals surface area contributed by atoms with E-state index in [0.717, 1.165) is 27.8 Å². The van der Waals surface area contributed by atoms with E-state index < -0.39 is 10.0 Å². The van der Waals surface area contributed by atoms with E-state index in [4.69, 9.17) is 4.74 Å². The number of nitrogens with zero attached hydrogens (tertiary/aromatic N) is 1. The summed E-state index contributed by atoms with van der Waals surface area (Å²) in [7, 11) is -2.49. The maximum absolute atomic E-state index is 13.6. The summed E-state index contributed by atoms with van der Waals surface area (Å²) in [6, 6.07) is 19.9. The van der Waals surface area contributed by atoms with Crippen molar-refractivity contribution in [3.63, 3.8) is 0 Å². The number of rotatable bonds is 12. The molecule has 1 amide bonds. The molecule has 192 valence electrons. The summed E-state index contributed by atoms with van der Waals surface area (Å²) in [5.41, 5.74) is 4.02. The molecule has 6 nitrogen and oxygen atoms in total. The first-order valence-electron chi connectivity index (χ1n) is 11.5. The number of nitrogens with one attached hydrogen (secondary N) is 1. The number of amides is 1.